The number of esters is 1. The zero-order valence-electron chi connectivity index (χ0n) is 19.3. The molecule has 1 aliphatic heterocycles. The molecular formula is C26H32F3NO3. The Morgan fingerprint density at radius 1 is 1.03 bits per heavy atom. The lowest BCUT2D eigenvalue weighted by molar-refractivity contribution is -0.147. The zero-order valence-corrected chi connectivity index (χ0v) is 19.3. The van der Waals surface area contributed by atoms with Crippen LogP contribution in [-0.2, 0) is 22.3 Å². The van der Waals surface area contributed by atoms with E-state index in [0.717, 1.165) is 57.2 Å². The number of alkyl halides is 3. The van der Waals surface area contributed by atoms with E-state index in [2.05, 4.69) is 11.8 Å². The van der Waals surface area contributed by atoms with Crippen molar-refractivity contribution in [3.8, 4) is 5.75 Å². The van der Waals surface area contributed by atoms with E-state index in [9.17, 15) is 18.0 Å². The Balaban J connectivity index is 1.52. The maximum atomic E-state index is 14.1. The number of benzene rings is 2. The summed E-state index contributed by atoms with van der Waals surface area (Å²) in [5.41, 5.74) is 0.283. The standard InChI is InChI=1S/C26H32F3NO3/c1-17-3-7-21(8-4-17)33-23-10-6-20-15-18(5-9-22(20)24(23)26(27,28)29)16-30-13-11-19(12-14-30)25(31)32-2/h5-6,9-10,15,17,19,21H,3-4,7-8,11-14,16H2,1-2H3/t17-,21+. The van der Waals surface area contributed by atoms with Crippen molar-refractivity contribution in [2.45, 2.75) is 64.3 Å². The predicted octanol–water partition coefficient (Wildman–Crippen LogP) is 6.20. The van der Waals surface area contributed by atoms with E-state index in [1.807, 2.05) is 6.07 Å². The molecule has 0 atom stereocenters. The van der Waals surface area contributed by atoms with Crippen molar-refractivity contribution in [1.29, 1.82) is 0 Å². The normalized spacial score (nSPS) is 22.9. The molecule has 180 valence electrons. The summed E-state index contributed by atoms with van der Waals surface area (Å²) in [7, 11) is 1.41. The molecule has 2 aromatic rings. The monoisotopic (exact) mass is 463 g/mol. The molecule has 0 radical (unpaired) electrons. The van der Waals surface area contributed by atoms with Crippen LogP contribution >= 0.6 is 0 Å². The van der Waals surface area contributed by atoms with Crippen LogP contribution in [0.1, 0.15) is 56.6 Å². The first-order chi connectivity index (χ1) is 15.7. The number of hydrogen-bond acceptors (Lipinski definition) is 4. The second-order valence-electron chi connectivity index (χ2n) is 9.57. The summed E-state index contributed by atoms with van der Waals surface area (Å²) in [5.74, 6) is 0.309. The highest BCUT2D eigenvalue weighted by atomic mass is 19.4. The van der Waals surface area contributed by atoms with Crippen LogP contribution in [0.15, 0.2) is 30.3 Å². The number of methoxy groups -OCH3 is 1. The van der Waals surface area contributed by atoms with Crippen LogP contribution in [0.3, 0.4) is 0 Å². The van der Waals surface area contributed by atoms with Gasteiger partial charge in [0.05, 0.1) is 19.1 Å². The van der Waals surface area contributed by atoms with E-state index in [4.69, 9.17) is 9.47 Å². The first-order valence-corrected chi connectivity index (χ1v) is 11.8. The van der Waals surface area contributed by atoms with Crippen LogP contribution in [0.25, 0.3) is 10.8 Å². The van der Waals surface area contributed by atoms with Crippen molar-refractivity contribution >= 4 is 16.7 Å². The van der Waals surface area contributed by atoms with Gasteiger partial charge in [0.15, 0.2) is 0 Å². The van der Waals surface area contributed by atoms with Crippen LogP contribution < -0.4 is 4.74 Å². The predicted molar refractivity (Wildman–Crippen MR) is 121 cm³/mol. The summed E-state index contributed by atoms with van der Waals surface area (Å²) in [6.45, 7) is 4.34. The van der Waals surface area contributed by atoms with Crippen molar-refractivity contribution < 1.29 is 27.4 Å². The average Bonchev–Trinajstić information content (AvgIpc) is 2.79. The molecule has 0 spiro atoms. The van der Waals surface area contributed by atoms with Gasteiger partial charge in [-0.05, 0) is 86.0 Å². The minimum Gasteiger partial charge on any atom is -0.490 e. The highest BCUT2D eigenvalue weighted by Gasteiger charge is 2.37. The van der Waals surface area contributed by atoms with Gasteiger partial charge in [0.2, 0.25) is 0 Å². The maximum absolute atomic E-state index is 14.1. The number of piperidine rings is 1. The van der Waals surface area contributed by atoms with E-state index < -0.39 is 11.7 Å². The Hall–Kier alpha value is -2.28. The molecule has 2 fully saturated rings. The highest BCUT2D eigenvalue weighted by molar-refractivity contribution is 5.89. The SMILES string of the molecule is COC(=O)C1CCN(Cc2ccc3c(C(F)(F)F)c(O[C@H]4CC[C@@H](C)CC4)ccc3c2)CC1. The molecule has 0 amide bonds. The van der Waals surface area contributed by atoms with Crippen LogP contribution in [0.5, 0.6) is 5.75 Å². The van der Waals surface area contributed by atoms with Crippen molar-refractivity contribution in [3.63, 3.8) is 0 Å². The maximum Gasteiger partial charge on any atom is 0.420 e. The average molecular weight is 464 g/mol. The van der Waals surface area contributed by atoms with E-state index >= 15 is 0 Å². The molecule has 1 saturated carbocycles. The van der Waals surface area contributed by atoms with Gasteiger partial charge in [-0.3, -0.25) is 9.69 Å². The van der Waals surface area contributed by atoms with Gasteiger partial charge in [0, 0.05) is 6.54 Å². The zero-order chi connectivity index (χ0) is 23.6. The Morgan fingerprint density at radius 3 is 2.36 bits per heavy atom. The topological polar surface area (TPSA) is 38.8 Å². The number of hydrogen-bond donors (Lipinski definition) is 0. The summed E-state index contributed by atoms with van der Waals surface area (Å²) >= 11 is 0. The van der Waals surface area contributed by atoms with Crippen LogP contribution in [0.4, 0.5) is 13.2 Å². The van der Waals surface area contributed by atoms with Gasteiger partial charge < -0.3 is 9.47 Å². The minimum absolute atomic E-state index is 0.0628. The minimum atomic E-state index is -4.49. The van der Waals surface area contributed by atoms with Crippen molar-refractivity contribution in [3.05, 3.63) is 41.5 Å². The molecule has 1 aliphatic carbocycles. The first kappa shape index (κ1) is 23.9. The van der Waals surface area contributed by atoms with Crippen LogP contribution in [0.2, 0.25) is 0 Å². The highest BCUT2D eigenvalue weighted by Crippen LogP contribution is 2.42. The second-order valence-corrected chi connectivity index (χ2v) is 9.57. The molecule has 0 aromatic heterocycles. The van der Waals surface area contributed by atoms with Gasteiger partial charge in [-0.1, -0.05) is 25.1 Å². The molecule has 4 nitrogen and oxygen atoms in total. The smallest absolute Gasteiger partial charge is 0.420 e. The largest absolute Gasteiger partial charge is 0.490 e. The van der Waals surface area contributed by atoms with E-state index in [1.54, 1.807) is 18.2 Å². The van der Waals surface area contributed by atoms with Crippen LogP contribution in [0, 0.1) is 11.8 Å². The van der Waals surface area contributed by atoms with E-state index in [1.165, 1.54) is 13.2 Å². The van der Waals surface area contributed by atoms with Crippen molar-refractivity contribution in [2.24, 2.45) is 11.8 Å². The molecule has 1 heterocycles. The fourth-order valence-corrected chi connectivity index (χ4v) is 5.13. The summed E-state index contributed by atoms with van der Waals surface area (Å²) in [6.07, 6.45) is 0.378. The van der Waals surface area contributed by atoms with Gasteiger partial charge in [0.25, 0.3) is 0 Å². The molecule has 33 heavy (non-hydrogen) atoms. The summed E-state index contributed by atoms with van der Waals surface area (Å²) < 4.78 is 52.9. The van der Waals surface area contributed by atoms with Gasteiger partial charge >= 0.3 is 12.1 Å². The molecule has 0 unspecified atom stereocenters. The lowest BCUT2D eigenvalue weighted by Crippen LogP contribution is -2.36. The van der Waals surface area contributed by atoms with E-state index in [0.29, 0.717) is 17.8 Å². The number of ether oxygens (including phenoxy) is 2. The number of carbonyl (C=O) groups is 1. The molecule has 4 rings (SSSR count). The number of nitrogens with zero attached hydrogens (tertiary/aromatic N) is 1. The molecule has 0 bridgehead atoms. The Kier molecular flexibility index (Phi) is 7.17. The number of carbonyl (C=O) groups excluding carboxylic acids is 1. The third kappa shape index (κ3) is 5.62. The lowest BCUT2D eigenvalue weighted by atomic mass is 9.89. The molecule has 7 heteroatoms. The number of likely N-dealkylation sites (tertiary alicyclic amines) is 1. The molecule has 2 aromatic carbocycles. The Morgan fingerprint density at radius 2 is 1.73 bits per heavy atom. The quantitative estimate of drug-likeness (QED) is 0.495. The molecule has 2 aliphatic rings. The summed E-state index contributed by atoms with van der Waals surface area (Å²) in [4.78, 5) is 13.9. The first-order valence-electron chi connectivity index (χ1n) is 11.8. The van der Waals surface area contributed by atoms with Gasteiger partial charge in [-0.15, -0.1) is 0 Å². The summed E-state index contributed by atoms with van der Waals surface area (Å²) in [6, 6.07) is 8.40. The fraction of sp³-hybridized carbons (Fsp3) is 0.577. The Labute approximate surface area is 193 Å². The third-order valence-corrected chi connectivity index (χ3v) is 7.11. The third-order valence-electron chi connectivity index (χ3n) is 7.11. The number of rotatable bonds is 5. The van der Waals surface area contributed by atoms with Crippen molar-refractivity contribution in [1.82, 2.24) is 4.90 Å². The molecular weight excluding hydrogens is 431 g/mol. The van der Waals surface area contributed by atoms with Gasteiger partial charge in [-0.25, -0.2) is 0 Å². The van der Waals surface area contributed by atoms with E-state index in [-0.39, 0.29) is 29.1 Å². The number of fused-ring (bicyclic) bond motifs is 1. The lowest BCUT2D eigenvalue weighted by Gasteiger charge is -2.30. The van der Waals surface area contributed by atoms with Crippen LogP contribution in [-0.4, -0.2) is 37.2 Å². The Bertz CT molecular complexity index is 975. The summed E-state index contributed by atoms with van der Waals surface area (Å²) in [5, 5.41) is 0.742. The van der Waals surface area contributed by atoms with Crippen molar-refractivity contribution in [2.75, 3.05) is 20.2 Å². The van der Waals surface area contributed by atoms with Gasteiger partial charge in [-0.2, -0.15) is 13.2 Å². The fourth-order valence-electron chi connectivity index (χ4n) is 5.13. The second kappa shape index (κ2) is 9.92. The van der Waals surface area contributed by atoms with Gasteiger partial charge in [0.1, 0.15) is 11.3 Å². The number of halogens is 3. The molecule has 1 saturated heterocycles. The molecule has 0 N–H and O–H groups in total.